The molecule has 4 rings (SSSR count). The Balaban J connectivity index is 1.94. The third kappa shape index (κ3) is 4.15. The van der Waals surface area contributed by atoms with Gasteiger partial charge in [-0.2, -0.15) is 0 Å². The molecule has 34 heavy (non-hydrogen) atoms. The van der Waals surface area contributed by atoms with Crippen LogP contribution in [0.5, 0.6) is 11.5 Å². The standard InChI is InChI=1S/C28H27NO5/c1-5-34-22-11-7-10-20(16-22)29-25(19-9-6-8-17(2)14-19)24(27(31)28(29)32)26(30)23-13-12-21(33-4)15-18(23)3/h6-16,25,30H,5H2,1-4H3/b26-24-. The minimum Gasteiger partial charge on any atom is -0.507 e. The topological polar surface area (TPSA) is 76.1 Å². The van der Waals surface area contributed by atoms with Crippen molar-refractivity contribution in [2.75, 3.05) is 18.6 Å². The molecule has 1 fully saturated rings. The number of rotatable bonds is 6. The van der Waals surface area contributed by atoms with E-state index in [0.29, 0.717) is 29.4 Å². The zero-order chi connectivity index (χ0) is 24.4. The number of carbonyl (C=O) groups excluding carboxylic acids is 2. The minimum atomic E-state index is -0.793. The Hall–Kier alpha value is -4.06. The normalized spacial score (nSPS) is 17.2. The molecule has 0 bridgehead atoms. The Morgan fingerprint density at radius 2 is 1.74 bits per heavy atom. The van der Waals surface area contributed by atoms with Crippen LogP contribution >= 0.6 is 0 Å². The summed E-state index contributed by atoms with van der Waals surface area (Å²) in [5.74, 6) is -0.421. The smallest absolute Gasteiger partial charge is 0.300 e. The highest BCUT2D eigenvalue weighted by Gasteiger charge is 2.47. The highest BCUT2D eigenvalue weighted by molar-refractivity contribution is 6.51. The third-order valence-corrected chi connectivity index (χ3v) is 5.90. The summed E-state index contributed by atoms with van der Waals surface area (Å²) < 4.78 is 10.9. The first kappa shape index (κ1) is 23.1. The van der Waals surface area contributed by atoms with Crippen molar-refractivity contribution < 1.29 is 24.2 Å². The second-order valence-electron chi connectivity index (χ2n) is 8.19. The van der Waals surface area contributed by atoms with E-state index in [-0.39, 0.29) is 11.3 Å². The van der Waals surface area contributed by atoms with Crippen LogP contribution < -0.4 is 14.4 Å². The van der Waals surface area contributed by atoms with Gasteiger partial charge in [0.25, 0.3) is 11.7 Å². The van der Waals surface area contributed by atoms with E-state index in [1.807, 2.05) is 45.0 Å². The van der Waals surface area contributed by atoms with Crippen molar-refractivity contribution in [2.45, 2.75) is 26.8 Å². The minimum absolute atomic E-state index is 0.0469. The van der Waals surface area contributed by atoms with E-state index < -0.39 is 17.7 Å². The molecule has 1 aliphatic heterocycles. The molecule has 1 amide bonds. The summed E-state index contributed by atoms with van der Waals surface area (Å²) in [5.41, 5.74) is 3.47. The van der Waals surface area contributed by atoms with Gasteiger partial charge in [0.1, 0.15) is 17.3 Å². The largest absolute Gasteiger partial charge is 0.507 e. The molecule has 0 radical (unpaired) electrons. The van der Waals surface area contributed by atoms with Crippen LogP contribution in [0, 0.1) is 13.8 Å². The van der Waals surface area contributed by atoms with E-state index in [9.17, 15) is 14.7 Å². The lowest BCUT2D eigenvalue weighted by Gasteiger charge is -2.26. The fraction of sp³-hybridized carbons (Fsp3) is 0.214. The molecule has 6 nitrogen and oxygen atoms in total. The van der Waals surface area contributed by atoms with E-state index in [1.165, 1.54) is 4.90 Å². The summed E-state index contributed by atoms with van der Waals surface area (Å²) in [5, 5.41) is 11.4. The Kier molecular flexibility index (Phi) is 6.41. The van der Waals surface area contributed by atoms with Gasteiger partial charge in [-0.05, 0) is 62.2 Å². The van der Waals surface area contributed by atoms with Crippen molar-refractivity contribution in [3.05, 3.63) is 94.6 Å². The molecule has 3 aromatic rings. The molecular formula is C28H27NO5. The molecule has 1 heterocycles. The lowest BCUT2D eigenvalue weighted by atomic mass is 9.93. The molecule has 174 valence electrons. The van der Waals surface area contributed by atoms with Gasteiger partial charge in [0.15, 0.2) is 0 Å². The quantitative estimate of drug-likeness (QED) is 0.307. The summed E-state index contributed by atoms with van der Waals surface area (Å²) in [6, 6.07) is 19.1. The fourth-order valence-corrected chi connectivity index (χ4v) is 4.32. The van der Waals surface area contributed by atoms with Gasteiger partial charge in [-0.1, -0.05) is 35.9 Å². The second-order valence-corrected chi connectivity index (χ2v) is 8.19. The predicted molar refractivity (Wildman–Crippen MR) is 131 cm³/mol. The van der Waals surface area contributed by atoms with Crippen molar-refractivity contribution in [3.63, 3.8) is 0 Å². The Morgan fingerprint density at radius 1 is 0.971 bits per heavy atom. The maximum absolute atomic E-state index is 13.4. The highest BCUT2D eigenvalue weighted by atomic mass is 16.5. The summed E-state index contributed by atoms with van der Waals surface area (Å²) >= 11 is 0. The molecule has 3 aromatic carbocycles. The zero-order valence-electron chi connectivity index (χ0n) is 19.7. The van der Waals surface area contributed by atoms with Crippen molar-refractivity contribution in [1.82, 2.24) is 0 Å². The van der Waals surface area contributed by atoms with Crippen LogP contribution in [0.4, 0.5) is 5.69 Å². The number of amides is 1. The van der Waals surface area contributed by atoms with Gasteiger partial charge < -0.3 is 14.6 Å². The van der Waals surface area contributed by atoms with Crippen LogP contribution in [0.3, 0.4) is 0 Å². The Morgan fingerprint density at radius 3 is 2.41 bits per heavy atom. The molecule has 0 spiro atoms. The first-order valence-electron chi connectivity index (χ1n) is 11.1. The van der Waals surface area contributed by atoms with Crippen molar-refractivity contribution in [3.8, 4) is 11.5 Å². The Labute approximate surface area is 199 Å². The number of methoxy groups -OCH3 is 1. The monoisotopic (exact) mass is 457 g/mol. The van der Waals surface area contributed by atoms with Crippen LogP contribution in [0.15, 0.2) is 72.3 Å². The average Bonchev–Trinajstić information content (AvgIpc) is 3.09. The number of aliphatic hydroxyl groups excluding tert-OH is 1. The molecule has 1 N–H and O–H groups in total. The summed E-state index contributed by atoms with van der Waals surface area (Å²) in [6.07, 6.45) is 0. The number of aryl methyl sites for hydroxylation is 2. The molecular weight excluding hydrogens is 430 g/mol. The lowest BCUT2D eigenvalue weighted by Crippen LogP contribution is -2.29. The fourth-order valence-electron chi connectivity index (χ4n) is 4.32. The number of Topliss-reactive ketones (excluding diaryl/α,β-unsaturated/α-hetero) is 1. The highest BCUT2D eigenvalue weighted by Crippen LogP contribution is 2.43. The van der Waals surface area contributed by atoms with Gasteiger partial charge in [-0.15, -0.1) is 0 Å². The van der Waals surface area contributed by atoms with E-state index in [1.54, 1.807) is 49.6 Å². The molecule has 1 unspecified atom stereocenters. The van der Waals surface area contributed by atoms with Gasteiger partial charge in [0.2, 0.25) is 0 Å². The number of carbonyl (C=O) groups is 2. The number of hydrogen-bond acceptors (Lipinski definition) is 5. The number of benzene rings is 3. The average molecular weight is 458 g/mol. The first-order chi connectivity index (χ1) is 16.3. The predicted octanol–water partition coefficient (Wildman–Crippen LogP) is 5.34. The van der Waals surface area contributed by atoms with Crippen LogP contribution in [-0.4, -0.2) is 30.5 Å². The number of anilines is 1. The number of ether oxygens (including phenoxy) is 2. The van der Waals surface area contributed by atoms with E-state index in [0.717, 1.165) is 16.7 Å². The maximum atomic E-state index is 13.4. The summed E-state index contributed by atoms with van der Waals surface area (Å²) in [7, 11) is 1.56. The molecule has 0 aliphatic carbocycles. The molecule has 1 saturated heterocycles. The number of hydrogen-bond donors (Lipinski definition) is 1. The maximum Gasteiger partial charge on any atom is 0.300 e. The number of nitrogens with zero attached hydrogens (tertiary/aromatic N) is 1. The van der Waals surface area contributed by atoms with Gasteiger partial charge in [0, 0.05) is 17.3 Å². The van der Waals surface area contributed by atoms with Gasteiger partial charge in [0.05, 0.1) is 25.3 Å². The second kappa shape index (κ2) is 9.43. The van der Waals surface area contributed by atoms with Crippen LogP contribution in [0.25, 0.3) is 5.76 Å². The zero-order valence-corrected chi connectivity index (χ0v) is 19.7. The Bertz CT molecular complexity index is 1290. The third-order valence-electron chi connectivity index (χ3n) is 5.90. The van der Waals surface area contributed by atoms with E-state index in [2.05, 4.69) is 0 Å². The van der Waals surface area contributed by atoms with Gasteiger partial charge in [-0.3, -0.25) is 14.5 Å². The molecule has 0 saturated carbocycles. The van der Waals surface area contributed by atoms with Gasteiger partial charge >= 0.3 is 0 Å². The van der Waals surface area contributed by atoms with Crippen LogP contribution in [-0.2, 0) is 9.59 Å². The first-order valence-corrected chi connectivity index (χ1v) is 11.1. The molecule has 0 aromatic heterocycles. The van der Waals surface area contributed by atoms with Crippen molar-refractivity contribution in [2.24, 2.45) is 0 Å². The molecule has 6 heteroatoms. The van der Waals surface area contributed by atoms with E-state index >= 15 is 0 Å². The van der Waals surface area contributed by atoms with Crippen molar-refractivity contribution >= 4 is 23.1 Å². The summed E-state index contributed by atoms with van der Waals surface area (Å²) in [6.45, 7) is 6.11. The lowest BCUT2D eigenvalue weighted by molar-refractivity contribution is -0.132. The summed E-state index contributed by atoms with van der Waals surface area (Å²) in [4.78, 5) is 28.1. The van der Waals surface area contributed by atoms with Crippen molar-refractivity contribution in [1.29, 1.82) is 0 Å². The van der Waals surface area contributed by atoms with Gasteiger partial charge in [-0.25, -0.2) is 0 Å². The van der Waals surface area contributed by atoms with Crippen LogP contribution in [0.1, 0.15) is 35.2 Å². The molecule has 1 atom stereocenters. The van der Waals surface area contributed by atoms with E-state index in [4.69, 9.17) is 9.47 Å². The SMILES string of the molecule is CCOc1cccc(N2C(=O)C(=O)/C(=C(\O)c3ccc(OC)cc3C)C2c2cccc(C)c2)c1. The molecule has 1 aliphatic rings. The number of aliphatic hydroxyl groups is 1. The van der Waals surface area contributed by atoms with Crippen LogP contribution in [0.2, 0.25) is 0 Å². The number of ketones is 1.